The van der Waals surface area contributed by atoms with Gasteiger partial charge in [-0.1, -0.05) is 55.6 Å². The fourth-order valence-electron chi connectivity index (χ4n) is 0.930. The van der Waals surface area contributed by atoms with Crippen molar-refractivity contribution in [2.75, 3.05) is 0 Å². The molecule has 0 heterocycles. The molecular weight excluding hydrogens is 232 g/mol. The van der Waals surface area contributed by atoms with E-state index in [2.05, 4.69) is 13.2 Å². The Labute approximate surface area is 105 Å². The highest BCUT2D eigenvalue weighted by Crippen LogP contribution is 1.97. The number of hydrogen-bond donors (Lipinski definition) is 2. The molecule has 0 aliphatic heterocycles. The Balaban J connectivity index is 0.000000327. The molecule has 0 aliphatic rings. The van der Waals surface area contributed by atoms with Gasteiger partial charge in [0.1, 0.15) is 0 Å². The minimum absolute atomic E-state index is 0.326. The zero-order chi connectivity index (χ0) is 14.0. The summed E-state index contributed by atoms with van der Waals surface area (Å²) in [5.74, 6) is -2.59. The molecule has 0 spiro atoms. The van der Waals surface area contributed by atoms with E-state index in [9.17, 15) is 9.59 Å². The third-order valence-electron chi connectivity index (χ3n) is 1.78. The summed E-state index contributed by atoms with van der Waals surface area (Å²) in [6.07, 6.45) is 3.38. The highest BCUT2D eigenvalue weighted by molar-refractivity contribution is 5.96. The van der Waals surface area contributed by atoms with Crippen LogP contribution in [0.1, 0.15) is 5.56 Å². The Bertz CT molecular complexity index is 458. The van der Waals surface area contributed by atoms with Gasteiger partial charge in [-0.05, 0) is 5.56 Å². The van der Waals surface area contributed by atoms with Gasteiger partial charge in [0.25, 0.3) is 0 Å². The van der Waals surface area contributed by atoms with E-state index in [1.165, 1.54) is 5.56 Å². The minimum Gasteiger partial charge on any atom is -0.478 e. The monoisotopic (exact) mass is 246 g/mol. The number of rotatable bonds is 4. The van der Waals surface area contributed by atoms with Crippen molar-refractivity contribution in [1.29, 1.82) is 0 Å². The lowest BCUT2D eigenvalue weighted by Crippen LogP contribution is -2.00. The van der Waals surface area contributed by atoms with Gasteiger partial charge in [-0.15, -0.1) is 0 Å². The van der Waals surface area contributed by atoms with Crippen LogP contribution in [-0.4, -0.2) is 22.2 Å². The lowest BCUT2D eigenvalue weighted by molar-refractivity contribution is -0.134. The summed E-state index contributed by atoms with van der Waals surface area (Å²) in [6.45, 7) is 6.75. The smallest absolute Gasteiger partial charge is 0.335 e. The summed E-state index contributed by atoms with van der Waals surface area (Å²) >= 11 is 0. The standard InChI is InChI=1S/C8H8.C6H6O4/c1-2-8-6-4-3-5-7-8;1-2-4(6(9)10)3-5(7)8/h2-7H,1H2;2-3H,1H2,(H,7,8)(H,9,10). The Hall–Kier alpha value is -2.62. The molecule has 4 nitrogen and oxygen atoms in total. The summed E-state index contributed by atoms with van der Waals surface area (Å²) in [5, 5.41) is 16.3. The average molecular weight is 246 g/mol. The predicted octanol–water partition coefficient (Wildman–Crippen LogP) is 2.60. The van der Waals surface area contributed by atoms with Gasteiger partial charge < -0.3 is 10.2 Å². The molecule has 0 radical (unpaired) electrons. The highest BCUT2D eigenvalue weighted by atomic mass is 16.4. The van der Waals surface area contributed by atoms with Crippen LogP contribution in [0.4, 0.5) is 0 Å². The molecule has 0 atom stereocenters. The first-order valence-electron chi connectivity index (χ1n) is 4.99. The third kappa shape index (κ3) is 6.79. The maximum absolute atomic E-state index is 10.1. The van der Waals surface area contributed by atoms with Gasteiger partial charge in [-0.25, -0.2) is 9.59 Å². The molecule has 0 bridgehead atoms. The van der Waals surface area contributed by atoms with Gasteiger partial charge in [0.05, 0.1) is 5.57 Å². The van der Waals surface area contributed by atoms with Crippen LogP contribution in [0.2, 0.25) is 0 Å². The number of carbonyl (C=O) groups is 2. The topological polar surface area (TPSA) is 74.6 Å². The van der Waals surface area contributed by atoms with Crippen molar-refractivity contribution in [3.63, 3.8) is 0 Å². The molecule has 0 saturated heterocycles. The number of benzene rings is 1. The second-order valence-electron chi connectivity index (χ2n) is 3.06. The first-order chi connectivity index (χ1) is 8.51. The Morgan fingerprint density at radius 2 is 1.61 bits per heavy atom. The zero-order valence-electron chi connectivity index (χ0n) is 9.74. The summed E-state index contributed by atoms with van der Waals surface area (Å²) in [5.41, 5.74) is 0.847. The van der Waals surface area contributed by atoms with Crippen molar-refractivity contribution in [3.05, 3.63) is 66.8 Å². The molecule has 0 fully saturated rings. The van der Waals surface area contributed by atoms with Crippen LogP contribution >= 0.6 is 0 Å². The molecule has 0 aliphatic carbocycles. The fourth-order valence-corrected chi connectivity index (χ4v) is 0.930. The van der Waals surface area contributed by atoms with Crippen molar-refractivity contribution < 1.29 is 19.8 Å². The van der Waals surface area contributed by atoms with Crippen LogP contribution in [0, 0.1) is 0 Å². The van der Waals surface area contributed by atoms with E-state index in [0.717, 1.165) is 6.08 Å². The Morgan fingerprint density at radius 1 is 1.06 bits per heavy atom. The molecule has 4 heteroatoms. The lowest BCUT2D eigenvalue weighted by atomic mass is 10.2. The van der Waals surface area contributed by atoms with Crippen molar-refractivity contribution >= 4 is 18.0 Å². The van der Waals surface area contributed by atoms with E-state index in [4.69, 9.17) is 10.2 Å². The van der Waals surface area contributed by atoms with Crippen LogP contribution in [0.25, 0.3) is 6.08 Å². The quantitative estimate of drug-likeness (QED) is 0.632. The number of carboxylic acid groups (broad SMARTS) is 2. The summed E-state index contributed by atoms with van der Waals surface area (Å²) in [4.78, 5) is 19.9. The molecule has 0 amide bonds. The first-order valence-corrected chi connectivity index (χ1v) is 4.99. The fraction of sp³-hybridized carbons (Fsp3) is 0. The van der Waals surface area contributed by atoms with Gasteiger partial charge in [0.15, 0.2) is 0 Å². The van der Waals surface area contributed by atoms with Crippen LogP contribution in [0.15, 0.2) is 61.2 Å². The second-order valence-corrected chi connectivity index (χ2v) is 3.06. The summed E-state index contributed by atoms with van der Waals surface area (Å²) in [7, 11) is 0. The number of carboxylic acids is 2. The van der Waals surface area contributed by atoms with Gasteiger partial charge in [0.2, 0.25) is 0 Å². The van der Waals surface area contributed by atoms with E-state index < -0.39 is 11.9 Å². The van der Waals surface area contributed by atoms with Crippen LogP contribution < -0.4 is 0 Å². The molecule has 1 rings (SSSR count). The molecule has 1 aromatic carbocycles. The van der Waals surface area contributed by atoms with Crippen molar-refractivity contribution in [1.82, 2.24) is 0 Å². The van der Waals surface area contributed by atoms with Crippen molar-refractivity contribution in [2.24, 2.45) is 0 Å². The normalized spacial score (nSPS) is 9.67. The van der Waals surface area contributed by atoms with Crippen molar-refractivity contribution in [2.45, 2.75) is 0 Å². The van der Waals surface area contributed by atoms with Gasteiger partial charge in [-0.3, -0.25) is 0 Å². The maximum atomic E-state index is 10.1. The molecule has 0 saturated carbocycles. The molecule has 18 heavy (non-hydrogen) atoms. The maximum Gasteiger partial charge on any atom is 0.335 e. The average Bonchev–Trinajstić information content (AvgIpc) is 2.37. The van der Waals surface area contributed by atoms with Gasteiger partial charge in [-0.2, -0.15) is 0 Å². The Kier molecular flexibility index (Phi) is 7.28. The SMILES string of the molecule is C=CC(=CC(=O)O)C(=O)O.C=Cc1ccccc1. The van der Waals surface area contributed by atoms with E-state index >= 15 is 0 Å². The lowest BCUT2D eigenvalue weighted by Gasteiger charge is -1.88. The highest BCUT2D eigenvalue weighted by Gasteiger charge is 2.03. The summed E-state index contributed by atoms with van der Waals surface area (Å²) < 4.78 is 0. The zero-order valence-corrected chi connectivity index (χ0v) is 9.74. The first kappa shape index (κ1) is 15.4. The third-order valence-corrected chi connectivity index (χ3v) is 1.78. The molecule has 1 aromatic rings. The molecule has 0 aromatic heterocycles. The Morgan fingerprint density at radius 3 is 1.83 bits per heavy atom. The van der Waals surface area contributed by atoms with Gasteiger partial charge in [0, 0.05) is 6.08 Å². The summed E-state index contributed by atoms with van der Waals surface area (Å²) in [6, 6.07) is 10.0. The molecule has 94 valence electrons. The predicted molar refractivity (Wildman–Crippen MR) is 70.1 cm³/mol. The number of aliphatic carboxylic acids is 2. The van der Waals surface area contributed by atoms with Crippen LogP contribution in [0.3, 0.4) is 0 Å². The molecule has 2 N–H and O–H groups in total. The molecular formula is C14H14O4. The van der Waals surface area contributed by atoms with E-state index in [-0.39, 0.29) is 5.57 Å². The second kappa shape index (κ2) is 8.52. The van der Waals surface area contributed by atoms with Crippen LogP contribution in [-0.2, 0) is 9.59 Å². The number of hydrogen-bond acceptors (Lipinski definition) is 2. The van der Waals surface area contributed by atoms with E-state index in [0.29, 0.717) is 6.08 Å². The van der Waals surface area contributed by atoms with Crippen molar-refractivity contribution in [3.8, 4) is 0 Å². The van der Waals surface area contributed by atoms with E-state index in [1.54, 1.807) is 0 Å². The molecule has 0 unspecified atom stereocenters. The largest absolute Gasteiger partial charge is 0.478 e. The van der Waals surface area contributed by atoms with Crippen LogP contribution in [0.5, 0.6) is 0 Å². The van der Waals surface area contributed by atoms with Gasteiger partial charge >= 0.3 is 11.9 Å². The minimum atomic E-state index is -1.29. The van der Waals surface area contributed by atoms with E-state index in [1.807, 2.05) is 36.4 Å².